The molecular formula is C14H8BrF3N2O. The SMILES string of the molecule is Cc1cc(-c2cc(Br)cc(C(F)(F)F)c2)c(C#N)c(=O)[nH]1. The Morgan fingerprint density at radius 2 is 1.90 bits per heavy atom. The van der Waals surface area contributed by atoms with Gasteiger partial charge in [-0.15, -0.1) is 0 Å². The summed E-state index contributed by atoms with van der Waals surface area (Å²) in [4.78, 5) is 14.2. The first kappa shape index (κ1) is 15.3. The summed E-state index contributed by atoms with van der Waals surface area (Å²) in [6.45, 7) is 1.59. The molecule has 0 unspecified atom stereocenters. The second kappa shape index (κ2) is 5.37. The highest BCUT2D eigenvalue weighted by Crippen LogP contribution is 2.35. The molecule has 0 aliphatic rings. The highest BCUT2D eigenvalue weighted by molar-refractivity contribution is 9.10. The van der Waals surface area contributed by atoms with Gasteiger partial charge in [0.15, 0.2) is 0 Å². The molecule has 0 amide bonds. The first-order chi connectivity index (χ1) is 9.72. The van der Waals surface area contributed by atoms with E-state index in [1.807, 2.05) is 0 Å². The molecule has 21 heavy (non-hydrogen) atoms. The largest absolute Gasteiger partial charge is 0.416 e. The molecule has 1 N–H and O–H groups in total. The first-order valence-electron chi connectivity index (χ1n) is 5.74. The summed E-state index contributed by atoms with van der Waals surface area (Å²) in [6.07, 6.45) is -4.51. The average molecular weight is 357 g/mol. The normalized spacial score (nSPS) is 11.2. The van der Waals surface area contributed by atoms with E-state index in [-0.39, 0.29) is 21.2 Å². The van der Waals surface area contributed by atoms with Crippen molar-refractivity contribution in [1.29, 1.82) is 5.26 Å². The van der Waals surface area contributed by atoms with Crippen LogP contribution in [-0.2, 0) is 6.18 Å². The van der Waals surface area contributed by atoms with Crippen molar-refractivity contribution < 1.29 is 13.2 Å². The minimum Gasteiger partial charge on any atom is -0.325 e. The van der Waals surface area contributed by atoms with Gasteiger partial charge in [0.1, 0.15) is 11.6 Å². The van der Waals surface area contributed by atoms with E-state index in [9.17, 15) is 18.0 Å². The summed E-state index contributed by atoms with van der Waals surface area (Å²) in [5.41, 5.74) is -0.905. The molecule has 2 aromatic rings. The molecule has 108 valence electrons. The zero-order valence-electron chi connectivity index (χ0n) is 10.7. The van der Waals surface area contributed by atoms with Crippen LogP contribution in [0.15, 0.2) is 33.5 Å². The summed E-state index contributed by atoms with van der Waals surface area (Å²) in [5.74, 6) is 0. The van der Waals surface area contributed by atoms with Gasteiger partial charge in [0, 0.05) is 15.7 Å². The number of benzene rings is 1. The van der Waals surface area contributed by atoms with Crippen molar-refractivity contribution in [2.45, 2.75) is 13.1 Å². The van der Waals surface area contributed by atoms with E-state index < -0.39 is 17.3 Å². The topological polar surface area (TPSA) is 56.6 Å². The third-order valence-electron chi connectivity index (χ3n) is 2.82. The number of alkyl halides is 3. The highest BCUT2D eigenvalue weighted by Gasteiger charge is 2.31. The van der Waals surface area contributed by atoms with Crippen LogP contribution in [0.3, 0.4) is 0 Å². The third-order valence-corrected chi connectivity index (χ3v) is 3.27. The Labute approximate surface area is 126 Å². The number of halogens is 4. The zero-order valence-corrected chi connectivity index (χ0v) is 12.3. The van der Waals surface area contributed by atoms with Gasteiger partial charge in [-0.25, -0.2) is 0 Å². The molecule has 0 fully saturated rings. The van der Waals surface area contributed by atoms with E-state index in [2.05, 4.69) is 20.9 Å². The molecule has 0 spiro atoms. The van der Waals surface area contributed by atoms with Gasteiger partial charge in [-0.3, -0.25) is 4.79 Å². The first-order valence-corrected chi connectivity index (χ1v) is 6.54. The maximum absolute atomic E-state index is 12.9. The van der Waals surface area contributed by atoms with E-state index in [1.54, 1.807) is 13.0 Å². The maximum Gasteiger partial charge on any atom is 0.416 e. The second-order valence-electron chi connectivity index (χ2n) is 4.41. The molecular weight excluding hydrogens is 349 g/mol. The molecule has 0 atom stereocenters. The van der Waals surface area contributed by atoms with Crippen LogP contribution in [0.25, 0.3) is 11.1 Å². The fourth-order valence-electron chi connectivity index (χ4n) is 1.94. The average Bonchev–Trinajstić information content (AvgIpc) is 2.36. The van der Waals surface area contributed by atoms with E-state index in [0.29, 0.717) is 5.69 Å². The van der Waals surface area contributed by atoms with Crippen molar-refractivity contribution in [3.05, 3.63) is 55.9 Å². The molecule has 0 aliphatic heterocycles. The Hall–Kier alpha value is -2.07. The molecule has 0 radical (unpaired) electrons. The monoisotopic (exact) mass is 356 g/mol. The second-order valence-corrected chi connectivity index (χ2v) is 5.32. The van der Waals surface area contributed by atoms with Gasteiger partial charge >= 0.3 is 6.18 Å². The van der Waals surface area contributed by atoms with Gasteiger partial charge in [0.25, 0.3) is 5.56 Å². The molecule has 1 aromatic carbocycles. The molecule has 1 aromatic heterocycles. The third kappa shape index (κ3) is 3.16. The molecule has 0 saturated heterocycles. The van der Waals surface area contributed by atoms with E-state index >= 15 is 0 Å². The van der Waals surface area contributed by atoms with E-state index in [1.165, 1.54) is 12.1 Å². The van der Waals surface area contributed by atoms with Crippen molar-refractivity contribution in [3.63, 3.8) is 0 Å². The van der Waals surface area contributed by atoms with Crippen molar-refractivity contribution in [1.82, 2.24) is 4.98 Å². The maximum atomic E-state index is 12.9. The number of pyridine rings is 1. The predicted octanol–water partition coefficient (Wildman–Crippen LogP) is 4.00. The Morgan fingerprint density at radius 3 is 2.48 bits per heavy atom. The van der Waals surface area contributed by atoms with Crippen LogP contribution in [-0.4, -0.2) is 4.98 Å². The lowest BCUT2D eigenvalue weighted by Crippen LogP contribution is -2.13. The summed E-state index contributed by atoms with van der Waals surface area (Å²) in [7, 11) is 0. The van der Waals surface area contributed by atoms with Crippen LogP contribution >= 0.6 is 15.9 Å². The lowest BCUT2D eigenvalue weighted by Gasteiger charge is -2.11. The van der Waals surface area contributed by atoms with Gasteiger partial charge in [0.05, 0.1) is 5.56 Å². The molecule has 0 saturated carbocycles. The minimum absolute atomic E-state index is 0.155. The minimum atomic E-state index is -4.51. The number of hydrogen-bond donors (Lipinski definition) is 1. The molecule has 0 bridgehead atoms. The predicted molar refractivity (Wildman–Crippen MR) is 74.7 cm³/mol. The Kier molecular flexibility index (Phi) is 3.92. The van der Waals surface area contributed by atoms with Crippen molar-refractivity contribution in [2.75, 3.05) is 0 Å². The molecule has 1 heterocycles. The molecule has 2 rings (SSSR count). The lowest BCUT2D eigenvalue weighted by molar-refractivity contribution is -0.137. The number of rotatable bonds is 1. The molecule has 7 heteroatoms. The van der Waals surface area contributed by atoms with Gasteiger partial charge in [-0.1, -0.05) is 15.9 Å². The van der Waals surface area contributed by atoms with E-state index in [0.717, 1.165) is 12.1 Å². The number of aromatic nitrogens is 1. The summed E-state index contributed by atoms with van der Waals surface area (Å²) in [5, 5.41) is 9.05. The fourth-order valence-corrected chi connectivity index (χ4v) is 2.43. The number of H-pyrrole nitrogens is 1. The van der Waals surface area contributed by atoms with Crippen LogP contribution in [0.2, 0.25) is 0 Å². The van der Waals surface area contributed by atoms with Gasteiger partial charge in [0.2, 0.25) is 0 Å². The summed E-state index contributed by atoms with van der Waals surface area (Å²) < 4.78 is 38.8. The van der Waals surface area contributed by atoms with Gasteiger partial charge in [-0.05, 0) is 36.8 Å². The zero-order chi connectivity index (χ0) is 15.8. The van der Waals surface area contributed by atoms with Crippen LogP contribution in [0.4, 0.5) is 13.2 Å². The number of nitrogens with one attached hydrogen (secondary N) is 1. The number of aryl methyl sites for hydroxylation is 1. The standard InChI is InChI=1S/C14H8BrF3N2O/c1-7-2-11(12(6-19)13(21)20-7)8-3-9(14(16,17)18)5-10(15)4-8/h2-5H,1H3,(H,20,21). The number of aromatic amines is 1. The van der Waals surface area contributed by atoms with Crippen LogP contribution in [0.5, 0.6) is 0 Å². The van der Waals surface area contributed by atoms with Crippen molar-refractivity contribution in [3.8, 4) is 17.2 Å². The Balaban J connectivity index is 2.77. The van der Waals surface area contributed by atoms with Gasteiger partial charge < -0.3 is 4.98 Å². The molecule has 0 aliphatic carbocycles. The van der Waals surface area contributed by atoms with E-state index in [4.69, 9.17) is 5.26 Å². The Morgan fingerprint density at radius 1 is 1.24 bits per heavy atom. The van der Waals surface area contributed by atoms with Crippen molar-refractivity contribution >= 4 is 15.9 Å². The van der Waals surface area contributed by atoms with Crippen LogP contribution in [0.1, 0.15) is 16.8 Å². The number of nitriles is 1. The van der Waals surface area contributed by atoms with Crippen LogP contribution < -0.4 is 5.56 Å². The quantitative estimate of drug-likeness (QED) is 0.839. The van der Waals surface area contributed by atoms with Gasteiger partial charge in [-0.2, -0.15) is 18.4 Å². The summed E-state index contributed by atoms with van der Waals surface area (Å²) in [6, 6.07) is 6.49. The van der Waals surface area contributed by atoms with Crippen molar-refractivity contribution in [2.24, 2.45) is 0 Å². The number of nitrogens with zero attached hydrogens (tertiary/aromatic N) is 1. The fraction of sp³-hybridized carbons (Fsp3) is 0.143. The smallest absolute Gasteiger partial charge is 0.325 e. The van der Waals surface area contributed by atoms with Crippen LogP contribution in [0, 0.1) is 18.3 Å². The highest BCUT2D eigenvalue weighted by atomic mass is 79.9. The lowest BCUT2D eigenvalue weighted by atomic mass is 9.99. The summed E-state index contributed by atoms with van der Waals surface area (Å²) >= 11 is 3.02. The Bertz CT molecular complexity index is 803. The molecule has 3 nitrogen and oxygen atoms in total. The number of hydrogen-bond acceptors (Lipinski definition) is 2.